The van der Waals surface area contributed by atoms with E-state index >= 15 is 0 Å². The summed E-state index contributed by atoms with van der Waals surface area (Å²) in [6.07, 6.45) is 5.28. The summed E-state index contributed by atoms with van der Waals surface area (Å²) in [5.41, 5.74) is 0. The predicted octanol–water partition coefficient (Wildman–Crippen LogP) is 1.70. The normalized spacial score (nSPS) is 19.5. The zero-order valence-corrected chi connectivity index (χ0v) is 9.83. The molecule has 1 unspecified atom stereocenters. The predicted molar refractivity (Wildman–Crippen MR) is 60.4 cm³/mol. The van der Waals surface area contributed by atoms with Gasteiger partial charge in [0.15, 0.2) is 0 Å². The quantitative estimate of drug-likeness (QED) is 0.730. The van der Waals surface area contributed by atoms with E-state index in [1.54, 1.807) is 0 Å². The molecule has 3 nitrogen and oxygen atoms in total. The van der Waals surface area contributed by atoms with Crippen molar-refractivity contribution in [1.82, 2.24) is 5.32 Å². The summed E-state index contributed by atoms with van der Waals surface area (Å²) in [6.45, 7) is 4.36. The van der Waals surface area contributed by atoms with Crippen molar-refractivity contribution in [3.8, 4) is 0 Å². The SMILES string of the molecule is CC(C)C(=O)NCCC(O)C1CCCC1. The molecule has 3 heteroatoms. The van der Waals surface area contributed by atoms with Gasteiger partial charge in [-0.2, -0.15) is 0 Å². The Labute approximate surface area is 92.3 Å². The van der Waals surface area contributed by atoms with Gasteiger partial charge in [-0.1, -0.05) is 26.7 Å². The standard InChI is InChI=1S/C12H23NO2/c1-9(2)12(15)13-8-7-11(14)10-5-3-4-6-10/h9-11,14H,3-8H2,1-2H3,(H,13,15). The number of nitrogens with one attached hydrogen (secondary N) is 1. The van der Waals surface area contributed by atoms with Crippen LogP contribution in [0.2, 0.25) is 0 Å². The summed E-state index contributed by atoms with van der Waals surface area (Å²) in [5.74, 6) is 0.586. The minimum Gasteiger partial charge on any atom is -0.393 e. The lowest BCUT2D eigenvalue weighted by Gasteiger charge is -2.17. The van der Waals surface area contributed by atoms with Gasteiger partial charge in [-0.3, -0.25) is 4.79 Å². The van der Waals surface area contributed by atoms with E-state index in [1.165, 1.54) is 12.8 Å². The zero-order chi connectivity index (χ0) is 11.3. The van der Waals surface area contributed by atoms with Crippen LogP contribution >= 0.6 is 0 Å². The molecule has 0 aromatic carbocycles. The van der Waals surface area contributed by atoms with Crippen LogP contribution in [0.25, 0.3) is 0 Å². The van der Waals surface area contributed by atoms with Crippen molar-refractivity contribution in [3.05, 3.63) is 0 Å². The molecular weight excluding hydrogens is 190 g/mol. The third-order valence-electron chi connectivity index (χ3n) is 3.21. The van der Waals surface area contributed by atoms with E-state index in [0.717, 1.165) is 12.8 Å². The van der Waals surface area contributed by atoms with Gasteiger partial charge in [-0.25, -0.2) is 0 Å². The van der Waals surface area contributed by atoms with Crippen molar-refractivity contribution in [1.29, 1.82) is 0 Å². The average molecular weight is 213 g/mol. The van der Waals surface area contributed by atoms with Crippen LogP contribution in [0.1, 0.15) is 46.0 Å². The largest absolute Gasteiger partial charge is 0.393 e. The highest BCUT2D eigenvalue weighted by Crippen LogP contribution is 2.28. The Morgan fingerprint density at radius 1 is 1.40 bits per heavy atom. The zero-order valence-electron chi connectivity index (χ0n) is 9.83. The molecule has 0 bridgehead atoms. The third-order valence-corrected chi connectivity index (χ3v) is 3.21. The number of carbonyl (C=O) groups is 1. The van der Waals surface area contributed by atoms with Crippen LogP contribution < -0.4 is 5.32 Å². The van der Waals surface area contributed by atoms with Crippen molar-refractivity contribution in [2.24, 2.45) is 11.8 Å². The van der Waals surface area contributed by atoms with Crippen molar-refractivity contribution >= 4 is 5.91 Å². The second-order valence-electron chi connectivity index (χ2n) is 4.85. The molecule has 0 aromatic heterocycles. The highest BCUT2D eigenvalue weighted by Gasteiger charge is 2.22. The first-order chi connectivity index (χ1) is 7.11. The highest BCUT2D eigenvalue weighted by atomic mass is 16.3. The van der Waals surface area contributed by atoms with Crippen LogP contribution in [0.4, 0.5) is 0 Å². The van der Waals surface area contributed by atoms with Gasteiger partial charge >= 0.3 is 0 Å². The van der Waals surface area contributed by atoms with Gasteiger partial charge in [0.2, 0.25) is 5.91 Å². The van der Waals surface area contributed by atoms with Gasteiger partial charge in [0, 0.05) is 12.5 Å². The van der Waals surface area contributed by atoms with E-state index in [1.807, 2.05) is 13.8 Å². The number of hydrogen-bond acceptors (Lipinski definition) is 2. The Bertz CT molecular complexity index is 198. The molecule has 1 saturated carbocycles. The number of carbonyl (C=O) groups excluding carboxylic acids is 1. The Hall–Kier alpha value is -0.570. The first-order valence-electron chi connectivity index (χ1n) is 6.07. The maximum absolute atomic E-state index is 11.3. The van der Waals surface area contributed by atoms with E-state index in [0.29, 0.717) is 18.9 Å². The van der Waals surface area contributed by atoms with Gasteiger partial charge in [-0.05, 0) is 25.2 Å². The molecule has 0 spiro atoms. The maximum atomic E-state index is 11.3. The molecule has 1 atom stereocenters. The van der Waals surface area contributed by atoms with Gasteiger partial charge < -0.3 is 10.4 Å². The fourth-order valence-corrected chi connectivity index (χ4v) is 2.13. The van der Waals surface area contributed by atoms with Gasteiger partial charge in [-0.15, -0.1) is 0 Å². The summed E-state index contributed by atoms with van der Waals surface area (Å²) >= 11 is 0. The molecule has 0 aromatic rings. The van der Waals surface area contributed by atoms with Crippen molar-refractivity contribution < 1.29 is 9.90 Å². The summed E-state index contributed by atoms with van der Waals surface area (Å²) in [7, 11) is 0. The van der Waals surface area contributed by atoms with E-state index in [-0.39, 0.29) is 17.9 Å². The Kier molecular flexibility index (Phi) is 5.09. The van der Waals surface area contributed by atoms with Crippen LogP contribution in [0, 0.1) is 11.8 Å². The van der Waals surface area contributed by atoms with Crippen LogP contribution in [0.5, 0.6) is 0 Å². The molecule has 0 heterocycles. The molecular formula is C12H23NO2. The fourth-order valence-electron chi connectivity index (χ4n) is 2.13. The lowest BCUT2D eigenvalue weighted by atomic mass is 9.98. The molecule has 15 heavy (non-hydrogen) atoms. The van der Waals surface area contributed by atoms with Crippen molar-refractivity contribution in [3.63, 3.8) is 0 Å². The van der Waals surface area contributed by atoms with Crippen LogP contribution in [-0.2, 0) is 4.79 Å². The molecule has 1 amide bonds. The lowest BCUT2D eigenvalue weighted by Crippen LogP contribution is -2.31. The van der Waals surface area contributed by atoms with E-state index in [4.69, 9.17) is 0 Å². The second-order valence-corrected chi connectivity index (χ2v) is 4.85. The highest BCUT2D eigenvalue weighted by molar-refractivity contribution is 5.77. The third kappa shape index (κ3) is 4.20. The summed E-state index contributed by atoms with van der Waals surface area (Å²) < 4.78 is 0. The lowest BCUT2D eigenvalue weighted by molar-refractivity contribution is -0.124. The molecule has 1 rings (SSSR count). The first-order valence-corrected chi connectivity index (χ1v) is 6.07. The molecule has 2 N–H and O–H groups in total. The van der Waals surface area contributed by atoms with Gasteiger partial charge in [0.25, 0.3) is 0 Å². The minimum atomic E-state index is -0.222. The molecule has 1 aliphatic rings. The monoisotopic (exact) mass is 213 g/mol. The molecule has 1 fully saturated rings. The molecule has 0 aliphatic heterocycles. The number of rotatable bonds is 5. The number of amides is 1. The van der Waals surface area contributed by atoms with Gasteiger partial charge in [0.05, 0.1) is 6.10 Å². The van der Waals surface area contributed by atoms with E-state index in [9.17, 15) is 9.90 Å². The Balaban J connectivity index is 2.11. The average Bonchev–Trinajstić information content (AvgIpc) is 2.70. The molecule has 0 radical (unpaired) electrons. The fraction of sp³-hybridized carbons (Fsp3) is 0.917. The summed E-state index contributed by atoms with van der Waals surface area (Å²) in [6, 6.07) is 0. The smallest absolute Gasteiger partial charge is 0.222 e. The molecule has 88 valence electrons. The topological polar surface area (TPSA) is 49.3 Å². The van der Waals surface area contributed by atoms with E-state index < -0.39 is 0 Å². The Morgan fingerprint density at radius 2 is 2.00 bits per heavy atom. The van der Waals surface area contributed by atoms with Crippen LogP contribution in [0.3, 0.4) is 0 Å². The Morgan fingerprint density at radius 3 is 2.53 bits per heavy atom. The maximum Gasteiger partial charge on any atom is 0.222 e. The van der Waals surface area contributed by atoms with Crippen LogP contribution in [-0.4, -0.2) is 23.7 Å². The number of aliphatic hydroxyl groups excluding tert-OH is 1. The van der Waals surface area contributed by atoms with Crippen molar-refractivity contribution in [2.75, 3.05) is 6.54 Å². The summed E-state index contributed by atoms with van der Waals surface area (Å²) in [5, 5.41) is 12.7. The first kappa shape index (κ1) is 12.5. The molecule has 1 aliphatic carbocycles. The number of aliphatic hydroxyl groups is 1. The van der Waals surface area contributed by atoms with Gasteiger partial charge in [0.1, 0.15) is 0 Å². The van der Waals surface area contributed by atoms with Crippen LogP contribution in [0.15, 0.2) is 0 Å². The number of hydrogen-bond donors (Lipinski definition) is 2. The minimum absolute atomic E-state index is 0.0358. The molecule has 0 saturated heterocycles. The second kappa shape index (κ2) is 6.11. The van der Waals surface area contributed by atoms with Crippen molar-refractivity contribution in [2.45, 2.75) is 52.1 Å². The summed E-state index contributed by atoms with van der Waals surface area (Å²) in [4.78, 5) is 11.3. The van der Waals surface area contributed by atoms with E-state index in [2.05, 4.69) is 5.32 Å².